The standard InChI is InChI=1S/C20H30N2O4/c1-13(14-9-16(24-2)18(26-4)17(10-14)25-3)22-19(23)20-8-6-5-7-15(20)11-21-12-20/h9-10,13,15,21H,5-8,11-12H2,1-4H3,(H,22,23)/t13?,15-,20+/m0/s1. The number of hydrogen-bond acceptors (Lipinski definition) is 5. The van der Waals surface area contributed by atoms with E-state index < -0.39 is 0 Å². The zero-order chi connectivity index (χ0) is 18.7. The number of nitrogens with one attached hydrogen (secondary N) is 2. The van der Waals surface area contributed by atoms with E-state index in [0.717, 1.165) is 37.9 Å². The minimum Gasteiger partial charge on any atom is -0.493 e. The lowest BCUT2D eigenvalue weighted by Gasteiger charge is -2.38. The van der Waals surface area contributed by atoms with Crippen LogP contribution >= 0.6 is 0 Å². The van der Waals surface area contributed by atoms with Crippen LogP contribution in [0, 0.1) is 11.3 Å². The summed E-state index contributed by atoms with van der Waals surface area (Å²) in [6.07, 6.45) is 4.46. The van der Waals surface area contributed by atoms with Crippen molar-refractivity contribution in [2.24, 2.45) is 11.3 Å². The molecule has 2 N–H and O–H groups in total. The van der Waals surface area contributed by atoms with Crippen LogP contribution in [-0.2, 0) is 4.79 Å². The number of carbonyl (C=O) groups is 1. The van der Waals surface area contributed by atoms with E-state index in [1.54, 1.807) is 21.3 Å². The maximum atomic E-state index is 13.2. The molecule has 1 unspecified atom stereocenters. The lowest BCUT2D eigenvalue weighted by Crippen LogP contribution is -2.48. The van der Waals surface area contributed by atoms with Crippen LogP contribution in [0.25, 0.3) is 0 Å². The molecule has 1 amide bonds. The Labute approximate surface area is 155 Å². The normalized spacial score (nSPS) is 25.9. The van der Waals surface area contributed by atoms with E-state index in [4.69, 9.17) is 14.2 Å². The predicted octanol–water partition coefficient (Wildman–Crippen LogP) is 2.67. The zero-order valence-corrected chi connectivity index (χ0v) is 16.2. The van der Waals surface area contributed by atoms with Gasteiger partial charge in [0.1, 0.15) is 0 Å². The molecule has 1 aromatic rings. The molecular formula is C20H30N2O4. The van der Waals surface area contributed by atoms with Crippen molar-refractivity contribution < 1.29 is 19.0 Å². The lowest BCUT2D eigenvalue weighted by molar-refractivity contribution is -0.134. The molecule has 0 aromatic heterocycles. The highest BCUT2D eigenvalue weighted by molar-refractivity contribution is 5.84. The first kappa shape index (κ1) is 18.8. The molecule has 0 radical (unpaired) electrons. The van der Waals surface area contributed by atoms with Gasteiger partial charge < -0.3 is 24.8 Å². The summed E-state index contributed by atoms with van der Waals surface area (Å²) in [5.74, 6) is 2.36. The van der Waals surface area contributed by atoms with Crippen molar-refractivity contribution in [1.29, 1.82) is 0 Å². The van der Waals surface area contributed by atoms with Gasteiger partial charge in [-0.2, -0.15) is 0 Å². The molecule has 3 rings (SSSR count). The molecule has 0 spiro atoms. The van der Waals surface area contributed by atoms with Gasteiger partial charge in [0.25, 0.3) is 0 Å². The van der Waals surface area contributed by atoms with E-state index in [1.807, 2.05) is 19.1 Å². The Bertz CT molecular complexity index is 638. The van der Waals surface area contributed by atoms with Crippen LogP contribution in [0.1, 0.15) is 44.2 Å². The molecule has 2 aliphatic rings. The summed E-state index contributed by atoms with van der Waals surface area (Å²) in [4.78, 5) is 13.2. The number of hydrogen-bond donors (Lipinski definition) is 2. The molecule has 1 saturated carbocycles. The van der Waals surface area contributed by atoms with Gasteiger partial charge in [0.15, 0.2) is 11.5 Å². The van der Waals surface area contributed by atoms with Crippen LogP contribution in [0.2, 0.25) is 0 Å². The van der Waals surface area contributed by atoms with Crippen molar-refractivity contribution in [3.8, 4) is 17.2 Å². The molecule has 6 heteroatoms. The topological polar surface area (TPSA) is 68.8 Å². The third-order valence-corrected chi connectivity index (χ3v) is 6.03. The summed E-state index contributed by atoms with van der Waals surface area (Å²) in [6, 6.07) is 3.65. The molecule has 1 saturated heterocycles. The summed E-state index contributed by atoms with van der Waals surface area (Å²) in [5, 5.41) is 6.67. The number of fused-ring (bicyclic) bond motifs is 1. The fourth-order valence-corrected chi connectivity index (χ4v) is 4.47. The summed E-state index contributed by atoms with van der Waals surface area (Å²) in [5.41, 5.74) is 0.676. The second-order valence-electron chi connectivity index (χ2n) is 7.38. The molecule has 6 nitrogen and oxygen atoms in total. The maximum Gasteiger partial charge on any atom is 0.228 e. The fraction of sp³-hybridized carbons (Fsp3) is 0.650. The van der Waals surface area contributed by atoms with E-state index in [9.17, 15) is 4.79 Å². The number of rotatable bonds is 6. The zero-order valence-electron chi connectivity index (χ0n) is 16.2. The van der Waals surface area contributed by atoms with Gasteiger partial charge in [0, 0.05) is 6.54 Å². The monoisotopic (exact) mass is 362 g/mol. The van der Waals surface area contributed by atoms with Crippen molar-refractivity contribution in [2.75, 3.05) is 34.4 Å². The molecular weight excluding hydrogens is 332 g/mol. The molecule has 0 bridgehead atoms. The largest absolute Gasteiger partial charge is 0.493 e. The average Bonchev–Trinajstić information content (AvgIpc) is 3.11. The van der Waals surface area contributed by atoms with Gasteiger partial charge in [0.2, 0.25) is 11.7 Å². The third kappa shape index (κ3) is 3.22. The molecule has 26 heavy (non-hydrogen) atoms. The van der Waals surface area contributed by atoms with Gasteiger partial charge in [-0.3, -0.25) is 4.79 Å². The second-order valence-corrected chi connectivity index (χ2v) is 7.38. The highest BCUT2D eigenvalue weighted by Crippen LogP contribution is 2.45. The average molecular weight is 362 g/mol. The Morgan fingerprint density at radius 1 is 1.19 bits per heavy atom. The molecule has 1 aliphatic heterocycles. The Morgan fingerprint density at radius 2 is 1.88 bits per heavy atom. The lowest BCUT2D eigenvalue weighted by atomic mass is 9.67. The van der Waals surface area contributed by atoms with Gasteiger partial charge in [-0.25, -0.2) is 0 Å². The minimum atomic E-state index is -0.257. The number of carbonyl (C=O) groups excluding carboxylic acids is 1. The van der Waals surface area contributed by atoms with Crippen LogP contribution < -0.4 is 24.8 Å². The molecule has 1 heterocycles. The summed E-state index contributed by atoms with van der Waals surface area (Å²) in [7, 11) is 4.78. The Balaban J connectivity index is 1.81. The quantitative estimate of drug-likeness (QED) is 0.814. The predicted molar refractivity (Wildman–Crippen MR) is 99.9 cm³/mol. The number of methoxy groups -OCH3 is 3. The maximum absolute atomic E-state index is 13.2. The molecule has 1 aliphatic carbocycles. The first-order valence-corrected chi connectivity index (χ1v) is 9.37. The molecule has 1 aromatic carbocycles. The van der Waals surface area contributed by atoms with Crippen molar-refractivity contribution in [2.45, 2.75) is 38.6 Å². The van der Waals surface area contributed by atoms with E-state index in [2.05, 4.69) is 10.6 Å². The Morgan fingerprint density at radius 3 is 2.50 bits per heavy atom. The summed E-state index contributed by atoms with van der Waals surface area (Å²) >= 11 is 0. The van der Waals surface area contributed by atoms with Gasteiger partial charge in [-0.05, 0) is 49.9 Å². The third-order valence-electron chi connectivity index (χ3n) is 6.03. The smallest absolute Gasteiger partial charge is 0.228 e. The summed E-state index contributed by atoms with van der Waals surface area (Å²) in [6.45, 7) is 3.73. The van der Waals surface area contributed by atoms with E-state index >= 15 is 0 Å². The highest BCUT2D eigenvalue weighted by atomic mass is 16.5. The van der Waals surface area contributed by atoms with Crippen LogP contribution in [0.5, 0.6) is 17.2 Å². The van der Waals surface area contributed by atoms with Gasteiger partial charge in [-0.1, -0.05) is 12.8 Å². The van der Waals surface area contributed by atoms with Crippen molar-refractivity contribution in [1.82, 2.24) is 10.6 Å². The Hall–Kier alpha value is -1.95. The molecule has 3 atom stereocenters. The number of amides is 1. The van der Waals surface area contributed by atoms with E-state index in [1.165, 1.54) is 6.42 Å². The van der Waals surface area contributed by atoms with Gasteiger partial charge >= 0.3 is 0 Å². The van der Waals surface area contributed by atoms with E-state index in [0.29, 0.717) is 23.2 Å². The van der Waals surface area contributed by atoms with Crippen LogP contribution in [0.4, 0.5) is 0 Å². The fourth-order valence-electron chi connectivity index (χ4n) is 4.47. The first-order chi connectivity index (χ1) is 12.6. The van der Waals surface area contributed by atoms with Gasteiger partial charge in [-0.15, -0.1) is 0 Å². The van der Waals surface area contributed by atoms with E-state index in [-0.39, 0.29) is 17.4 Å². The number of benzene rings is 1. The molecule has 2 fully saturated rings. The van der Waals surface area contributed by atoms with Crippen LogP contribution in [-0.4, -0.2) is 40.3 Å². The first-order valence-electron chi connectivity index (χ1n) is 9.37. The minimum absolute atomic E-state index is 0.145. The van der Waals surface area contributed by atoms with Gasteiger partial charge in [0.05, 0.1) is 32.8 Å². The molecule has 144 valence electrons. The SMILES string of the molecule is COc1cc(C(C)NC(=O)[C@@]23CCCC[C@H]2CNC3)cc(OC)c1OC. The Kier molecular flexibility index (Phi) is 5.61. The second kappa shape index (κ2) is 7.74. The summed E-state index contributed by atoms with van der Waals surface area (Å²) < 4.78 is 16.2. The van der Waals surface area contributed by atoms with Crippen LogP contribution in [0.15, 0.2) is 12.1 Å². The highest BCUT2D eigenvalue weighted by Gasteiger charge is 2.50. The van der Waals surface area contributed by atoms with Crippen molar-refractivity contribution in [3.63, 3.8) is 0 Å². The van der Waals surface area contributed by atoms with Crippen LogP contribution in [0.3, 0.4) is 0 Å². The number of ether oxygens (including phenoxy) is 3. The van der Waals surface area contributed by atoms with Crippen molar-refractivity contribution in [3.05, 3.63) is 17.7 Å². The van der Waals surface area contributed by atoms with Crippen molar-refractivity contribution >= 4 is 5.91 Å².